The standard InChI is InChI=1S/C12H14ClNO3/c1-3-17-12(15)9-6-8(9)7-4-10(13)14-11(5-7)16-2/h4-5,8-9H,3,6H2,1-2H3/t8-,9+/m1/s1. The van der Waals surface area contributed by atoms with Crippen LogP contribution in [0.1, 0.15) is 24.8 Å². The zero-order valence-electron chi connectivity index (χ0n) is 9.77. The Bertz CT molecular complexity index is 436. The Hall–Kier alpha value is -1.29. The highest BCUT2D eigenvalue weighted by Crippen LogP contribution is 2.49. The van der Waals surface area contributed by atoms with Gasteiger partial charge < -0.3 is 9.47 Å². The first kappa shape index (κ1) is 12.2. The second kappa shape index (κ2) is 4.92. The number of nitrogens with zero attached hydrogens (tertiary/aromatic N) is 1. The number of pyridine rings is 1. The second-order valence-corrected chi connectivity index (χ2v) is 4.35. The van der Waals surface area contributed by atoms with Crippen molar-refractivity contribution in [3.8, 4) is 5.88 Å². The van der Waals surface area contributed by atoms with Crippen molar-refractivity contribution in [2.24, 2.45) is 5.92 Å². The highest BCUT2D eigenvalue weighted by Gasteiger charge is 2.45. The van der Waals surface area contributed by atoms with Gasteiger partial charge in [0.2, 0.25) is 5.88 Å². The van der Waals surface area contributed by atoms with Gasteiger partial charge in [0.1, 0.15) is 5.15 Å². The Morgan fingerprint density at radius 2 is 2.35 bits per heavy atom. The average Bonchev–Trinajstić information content (AvgIpc) is 3.08. The van der Waals surface area contributed by atoms with Crippen LogP contribution in [0.4, 0.5) is 0 Å². The third kappa shape index (κ3) is 2.69. The van der Waals surface area contributed by atoms with E-state index in [1.165, 1.54) is 7.11 Å². The summed E-state index contributed by atoms with van der Waals surface area (Å²) < 4.78 is 10.0. The van der Waals surface area contributed by atoms with Crippen LogP contribution in [0, 0.1) is 5.92 Å². The van der Waals surface area contributed by atoms with Crippen LogP contribution >= 0.6 is 11.6 Å². The number of methoxy groups -OCH3 is 1. The second-order valence-electron chi connectivity index (χ2n) is 3.97. The quantitative estimate of drug-likeness (QED) is 0.612. The van der Waals surface area contributed by atoms with Crippen LogP contribution in [0.3, 0.4) is 0 Å². The first-order valence-corrected chi connectivity index (χ1v) is 5.91. The van der Waals surface area contributed by atoms with Crippen LogP contribution in [-0.2, 0) is 9.53 Å². The molecule has 0 radical (unpaired) electrons. The molecule has 1 aromatic heterocycles. The van der Waals surface area contributed by atoms with Gasteiger partial charge in [-0.15, -0.1) is 0 Å². The molecule has 0 unspecified atom stereocenters. The van der Waals surface area contributed by atoms with Gasteiger partial charge in [-0.05, 0) is 30.9 Å². The minimum atomic E-state index is -0.135. The molecule has 1 aromatic rings. The average molecular weight is 256 g/mol. The third-order valence-corrected chi connectivity index (χ3v) is 3.00. The van der Waals surface area contributed by atoms with E-state index >= 15 is 0 Å². The molecule has 1 aliphatic carbocycles. The van der Waals surface area contributed by atoms with Gasteiger partial charge in [0.25, 0.3) is 0 Å². The molecule has 0 N–H and O–H groups in total. The largest absolute Gasteiger partial charge is 0.481 e. The van der Waals surface area contributed by atoms with E-state index in [2.05, 4.69) is 4.98 Å². The van der Waals surface area contributed by atoms with Crippen LogP contribution in [-0.4, -0.2) is 24.7 Å². The van der Waals surface area contributed by atoms with E-state index in [4.69, 9.17) is 21.1 Å². The van der Waals surface area contributed by atoms with Gasteiger partial charge in [-0.25, -0.2) is 4.98 Å². The molecular formula is C12H14ClNO3. The molecule has 1 aliphatic rings. The first-order chi connectivity index (χ1) is 8.15. The van der Waals surface area contributed by atoms with E-state index in [1.807, 2.05) is 13.0 Å². The summed E-state index contributed by atoms with van der Waals surface area (Å²) in [5.74, 6) is 0.480. The molecule has 2 rings (SSSR count). The molecule has 2 atom stereocenters. The van der Waals surface area contributed by atoms with Crippen molar-refractivity contribution in [2.75, 3.05) is 13.7 Å². The minimum Gasteiger partial charge on any atom is -0.481 e. The minimum absolute atomic E-state index is 0.0434. The monoisotopic (exact) mass is 255 g/mol. The summed E-state index contributed by atoms with van der Waals surface area (Å²) in [6.07, 6.45) is 0.808. The Morgan fingerprint density at radius 1 is 1.59 bits per heavy atom. The lowest BCUT2D eigenvalue weighted by atomic mass is 10.1. The number of ether oxygens (including phenoxy) is 2. The molecule has 0 bridgehead atoms. The molecule has 1 fully saturated rings. The van der Waals surface area contributed by atoms with E-state index in [0.717, 1.165) is 12.0 Å². The van der Waals surface area contributed by atoms with E-state index in [-0.39, 0.29) is 17.8 Å². The maximum Gasteiger partial charge on any atom is 0.309 e. The summed E-state index contributed by atoms with van der Waals surface area (Å²) in [5, 5.41) is 0.383. The van der Waals surface area contributed by atoms with Crippen LogP contribution in [0.25, 0.3) is 0 Å². The maximum atomic E-state index is 11.5. The molecule has 4 nitrogen and oxygen atoms in total. The number of esters is 1. The molecule has 1 heterocycles. The topological polar surface area (TPSA) is 48.4 Å². The summed E-state index contributed by atoms with van der Waals surface area (Å²) in [5.41, 5.74) is 0.986. The normalized spacial score (nSPS) is 22.1. The van der Waals surface area contributed by atoms with E-state index in [9.17, 15) is 4.79 Å². The number of hydrogen-bond donors (Lipinski definition) is 0. The smallest absolute Gasteiger partial charge is 0.309 e. The zero-order chi connectivity index (χ0) is 12.4. The number of halogens is 1. The fourth-order valence-corrected chi connectivity index (χ4v) is 2.09. The predicted molar refractivity (Wildman–Crippen MR) is 63.3 cm³/mol. The molecule has 0 saturated heterocycles. The Balaban J connectivity index is 2.10. The molecule has 5 heteroatoms. The molecule has 0 spiro atoms. The predicted octanol–water partition coefficient (Wildman–Crippen LogP) is 2.41. The van der Waals surface area contributed by atoms with Gasteiger partial charge in [-0.1, -0.05) is 11.6 Å². The molecule has 17 heavy (non-hydrogen) atoms. The Morgan fingerprint density at radius 3 is 3.00 bits per heavy atom. The molecule has 92 valence electrons. The van der Waals surface area contributed by atoms with Crippen LogP contribution in [0.5, 0.6) is 5.88 Å². The van der Waals surface area contributed by atoms with Crippen molar-refractivity contribution in [2.45, 2.75) is 19.3 Å². The molecule has 0 amide bonds. The van der Waals surface area contributed by atoms with Crippen molar-refractivity contribution in [1.29, 1.82) is 0 Å². The van der Waals surface area contributed by atoms with Crippen molar-refractivity contribution in [3.05, 3.63) is 22.8 Å². The van der Waals surface area contributed by atoms with Gasteiger partial charge in [0.15, 0.2) is 0 Å². The fourth-order valence-electron chi connectivity index (χ4n) is 1.88. The van der Waals surface area contributed by atoms with Gasteiger partial charge in [0, 0.05) is 6.07 Å². The molecule has 0 aromatic carbocycles. The lowest BCUT2D eigenvalue weighted by Gasteiger charge is -2.04. The summed E-state index contributed by atoms with van der Waals surface area (Å²) >= 11 is 5.88. The number of carbonyl (C=O) groups excluding carboxylic acids is 1. The third-order valence-electron chi connectivity index (χ3n) is 2.81. The number of hydrogen-bond acceptors (Lipinski definition) is 4. The Kier molecular flexibility index (Phi) is 3.52. The van der Waals surface area contributed by atoms with Gasteiger partial charge in [-0.3, -0.25) is 4.79 Å². The van der Waals surface area contributed by atoms with Gasteiger partial charge >= 0.3 is 5.97 Å². The van der Waals surface area contributed by atoms with Crippen molar-refractivity contribution >= 4 is 17.6 Å². The number of aromatic nitrogens is 1. The van der Waals surface area contributed by atoms with E-state index in [0.29, 0.717) is 17.6 Å². The highest BCUT2D eigenvalue weighted by molar-refractivity contribution is 6.29. The van der Waals surface area contributed by atoms with Crippen LogP contribution < -0.4 is 4.74 Å². The first-order valence-electron chi connectivity index (χ1n) is 5.53. The van der Waals surface area contributed by atoms with Crippen molar-refractivity contribution in [1.82, 2.24) is 4.98 Å². The summed E-state index contributed by atoms with van der Waals surface area (Å²) in [7, 11) is 1.54. The summed E-state index contributed by atoms with van der Waals surface area (Å²) in [6.45, 7) is 2.23. The van der Waals surface area contributed by atoms with E-state index < -0.39 is 0 Å². The highest BCUT2D eigenvalue weighted by atomic mass is 35.5. The molecular weight excluding hydrogens is 242 g/mol. The lowest BCUT2D eigenvalue weighted by Crippen LogP contribution is -2.07. The van der Waals surface area contributed by atoms with E-state index in [1.54, 1.807) is 6.07 Å². The molecule has 1 saturated carbocycles. The van der Waals surface area contributed by atoms with Crippen molar-refractivity contribution in [3.63, 3.8) is 0 Å². The SMILES string of the molecule is CCOC(=O)[C@H]1C[C@@H]1c1cc(Cl)nc(OC)c1. The van der Waals surface area contributed by atoms with Crippen LogP contribution in [0.2, 0.25) is 5.15 Å². The Labute approximate surface area is 105 Å². The fraction of sp³-hybridized carbons (Fsp3) is 0.500. The number of rotatable bonds is 4. The maximum absolute atomic E-state index is 11.5. The van der Waals surface area contributed by atoms with Crippen LogP contribution in [0.15, 0.2) is 12.1 Å². The lowest BCUT2D eigenvalue weighted by molar-refractivity contribution is -0.144. The van der Waals surface area contributed by atoms with Gasteiger partial charge in [-0.2, -0.15) is 0 Å². The van der Waals surface area contributed by atoms with Crippen molar-refractivity contribution < 1.29 is 14.3 Å². The summed E-state index contributed by atoms with van der Waals surface area (Å²) in [4.78, 5) is 15.5. The summed E-state index contributed by atoms with van der Waals surface area (Å²) in [6, 6.07) is 3.59. The molecule has 0 aliphatic heterocycles. The number of carbonyl (C=O) groups is 1. The van der Waals surface area contributed by atoms with Gasteiger partial charge in [0.05, 0.1) is 19.6 Å². The zero-order valence-corrected chi connectivity index (χ0v) is 10.5.